The molecule has 1 atom stereocenters. The fourth-order valence-electron chi connectivity index (χ4n) is 3.20. The van der Waals surface area contributed by atoms with Gasteiger partial charge in [-0.1, -0.05) is 29.8 Å². The summed E-state index contributed by atoms with van der Waals surface area (Å²) in [5.41, 5.74) is 3.33. The van der Waals surface area contributed by atoms with Crippen molar-refractivity contribution in [1.82, 2.24) is 14.9 Å². The first-order chi connectivity index (χ1) is 15.3. The van der Waals surface area contributed by atoms with E-state index in [2.05, 4.69) is 15.0 Å². The molecule has 7 nitrogen and oxygen atoms in total. The smallest absolute Gasteiger partial charge is 0.263 e. The Morgan fingerprint density at radius 1 is 1.06 bits per heavy atom. The maximum atomic E-state index is 12.9. The summed E-state index contributed by atoms with van der Waals surface area (Å²) in [6, 6.07) is 15.9. The molecule has 2 aromatic heterocycles. The molecule has 0 radical (unpaired) electrons. The zero-order valence-corrected chi connectivity index (χ0v) is 19.2. The van der Waals surface area contributed by atoms with Crippen molar-refractivity contribution in [3.8, 4) is 5.69 Å². The number of thiophene rings is 1. The maximum Gasteiger partial charge on any atom is 0.263 e. The second-order valence-electron chi connectivity index (χ2n) is 7.34. The number of aryl methyl sites for hydroxylation is 1. The van der Waals surface area contributed by atoms with Gasteiger partial charge in [0.2, 0.25) is 0 Å². The van der Waals surface area contributed by atoms with Crippen molar-refractivity contribution < 1.29 is 13.2 Å². The van der Waals surface area contributed by atoms with Crippen LogP contribution in [-0.2, 0) is 10.0 Å². The molecular weight excluding hydrogens is 444 g/mol. The predicted molar refractivity (Wildman–Crippen MR) is 126 cm³/mol. The Kier molecular flexibility index (Phi) is 6.11. The Balaban J connectivity index is 1.48. The van der Waals surface area contributed by atoms with Crippen LogP contribution >= 0.6 is 11.3 Å². The molecule has 0 spiro atoms. The quantitative estimate of drug-likeness (QED) is 0.418. The molecule has 0 aliphatic heterocycles. The molecule has 1 unspecified atom stereocenters. The number of sulfonamides is 1. The third-order valence-corrected chi connectivity index (χ3v) is 7.44. The van der Waals surface area contributed by atoms with Gasteiger partial charge in [0.05, 0.1) is 12.4 Å². The van der Waals surface area contributed by atoms with Crippen molar-refractivity contribution in [2.45, 2.75) is 24.8 Å². The summed E-state index contributed by atoms with van der Waals surface area (Å²) in [4.78, 5) is 17.0. The highest BCUT2D eigenvalue weighted by molar-refractivity contribution is 7.93. The zero-order chi connectivity index (χ0) is 22.7. The number of rotatable bonds is 7. The van der Waals surface area contributed by atoms with Gasteiger partial charge < -0.3 is 9.88 Å². The molecule has 2 heterocycles. The Bertz CT molecular complexity index is 1310. The minimum atomic E-state index is -3.90. The molecule has 0 bridgehead atoms. The van der Waals surface area contributed by atoms with Crippen LogP contribution in [0.5, 0.6) is 0 Å². The zero-order valence-electron chi connectivity index (χ0n) is 17.5. The second kappa shape index (κ2) is 8.97. The molecule has 164 valence electrons. The summed E-state index contributed by atoms with van der Waals surface area (Å²) in [6.07, 6.45) is 5.27. The summed E-state index contributed by atoms with van der Waals surface area (Å²) in [7, 11) is -3.90. The van der Waals surface area contributed by atoms with Crippen molar-refractivity contribution in [2.75, 3.05) is 4.72 Å². The van der Waals surface area contributed by atoms with E-state index in [1.165, 1.54) is 6.07 Å². The highest BCUT2D eigenvalue weighted by atomic mass is 32.2. The fraction of sp³-hybridized carbons (Fsp3) is 0.130. The Labute approximate surface area is 190 Å². The number of carbonyl (C=O) groups excluding carboxylic acids is 1. The molecule has 0 fully saturated rings. The monoisotopic (exact) mass is 466 g/mol. The van der Waals surface area contributed by atoms with Crippen LogP contribution in [0, 0.1) is 6.92 Å². The first kappa shape index (κ1) is 21.8. The largest absolute Gasteiger partial charge is 0.345 e. The average Bonchev–Trinajstić information content (AvgIpc) is 3.48. The summed E-state index contributed by atoms with van der Waals surface area (Å²) in [5.74, 6) is -0.435. The van der Waals surface area contributed by atoms with E-state index in [1.54, 1.807) is 30.0 Å². The van der Waals surface area contributed by atoms with E-state index in [0.717, 1.165) is 28.2 Å². The van der Waals surface area contributed by atoms with Crippen molar-refractivity contribution in [2.24, 2.45) is 0 Å². The number of aromatic nitrogens is 2. The van der Waals surface area contributed by atoms with E-state index in [-0.39, 0.29) is 15.8 Å². The number of hydrogen-bond donors (Lipinski definition) is 2. The van der Waals surface area contributed by atoms with Gasteiger partial charge in [0.15, 0.2) is 0 Å². The van der Waals surface area contributed by atoms with Crippen LogP contribution in [0.4, 0.5) is 5.69 Å². The van der Waals surface area contributed by atoms with Gasteiger partial charge in [-0.2, -0.15) is 0 Å². The van der Waals surface area contributed by atoms with E-state index in [0.29, 0.717) is 5.69 Å². The van der Waals surface area contributed by atoms with Crippen LogP contribution in [0.25, 0.3) is 5.69 Å². The number of imidazole rings is 1. The van der Waals surface area contributed by atoms with E-state index in [4.69, 9.17) is 0 Å². The first-order valence-corrected chi connectivity index (χ1v) is 12.3. The summed E-state index contributed by atoms with van der Waals surface area (Å²) >= 11 is 1.09. The number of carbonyl (C=O) groups is 1. The van der Waals surface area contributed by atoms with E-state index in [1.807, 2.05) is 61.0 Å². The number of hydrogen-bond acceptors (Lipinski definition) is 5. The molecule has 32 heavy (non-hydrogen) atoms. The lowest BCUT2D eigenvalue weighted by Crippen LogP contribution is -2.27. The maximum absolute atomic E-state index is 12.9. The number of nitrogens with zero attached hydrogens (tertiary/aromatic N) is 2. The summed E-state index contributed by atoms with van der Waals surface area (Å²) < 4.78 is 30.2. The van der Waals surface area contributed by atoms with Gasteiger partial charge in [0.25, 0.3) is 15.9 Å². The van der Waals surface area contributed by atoms with Crippen LogP contribution in [0.2, 0.25) is 0 Å². The van der Waals surface area contributed by atoms with Crippen LogP contribution in [0.1, 0.15) is 33.8 Å². The third-order valence-electron chi connectivity index (χ3n) is 4.97. The van der Waals surface area contributed by atoms with E-state index >= 15 is 0 Å². The molecule has 2 aromatic carbocycles. The van der Waals surface area contributed by atoms with E-state index in [9.17, 15) is 13.2 Å². The van der Waals surface area contributed by atoms with Gasteiger partial charge in [0, 0.05) is 23.8 Å². The second-order valence-corrected chi connectivity index (χ2v) is 9.91. The SMILES string of the molecule is Cc1ccc(NS(=O)(=O)c2ccsc2C(=O)NC(C)c2ccc(-n3ccnc3)cc2)cc1. The molecule has 1 amide bonds. The number of nitrogens with one attached hydrogen (secondary N) is 2. The molecule has 4 rings (SSSR count). The lowest BCUT2D eigenvalue weighted by atomic mass is 10.1. The first-order valence-electron chi connectivity index (χ1n) is 9.89. The van der Waals surface area contributed by atoms with Crippen LogP contribution in [-0.4, -0.2) is 23.9 Å². The van der Waals surface area contributed by atoms with E-state index < -0.39 is 15.9 Å². The van der Waals surface area contributed by atoms with Crippen molar-refractivity contribution in [3.63, 3.8) is 0 Å². The fourth-order valence-corrected chi connectivity index (χ4v) is 5.59. The normalized spacial score (nSPS) is 12.3. The Morgan fingerprint density at radius 3 is 2.44 bits per heavy atom. The van der Waals surface area contributed by atoms with Crippen molar-refractivity contribution >= 4 is 33.0 Å². The lowest BCUT2D eigenvalue weighted by Gasteiger charge is -2.15. The lowest BCUT2D eigenvalue weighted by molar-refractivity contribution is 0.0941. The van der Waals surface area contributed by atoms with Gasteiger partial charge in [-0.05, 0) is 55.1 Å². The van der Waals surface area contributed by atoms with Gasteiger partial charge in [-0.3, -0.25) is 9.52 Å². The number of benzene rings is 2. The topological polar surface area (TPSA) is 93.1 Å². The van der Waals surface area contributed by atoms with Crippen LogP contribution < -0.4 is 10.0 Å². The molecule has 0 aliphatic carbocycles. The molecule has 9 heteroatoms. The number of amides is 1. The Morgan fingerprint density at radius 2 is 1.78 bits per heavy atom. The third kappa shape index (κ3) is 4.74. The van der Waals surface area contributed by atoms with Gasteiger partial charge in [-0.25, -0.2) is 13.4 Å². The van der Waals surface area contributed by atoms with Crippen molar-refractivity contribution in [3.05, 3.63) is 94.7 Å². The van der Waals surface area contributed by atoms with Crippen LogP contribution in [0.3, 0.4) is 0 Å². The summed E-state index contributed by atoms with van der Waals surface area (Å²) in [5, 5.41) is 4.50. The molecule has 2 N–H and O–H groups in total. The van der Waals surface area contributed by atoms with Gasteiger partial charge in [-0.15, -0.1) is 11.3 Å². The van der Waals surface area contributed by atoms with Gasteiger partial charge in [0.1, 0.15) is 9.77 Å². The summed E-state index contributed by atoms with van der Waals surface area (Å²) in [6.45, 7) is 3.78. The van der Waals surface area contributed by atoms with Crippen LogP contribution in [0.15, 0.2) is 83.6 Å². The molecule has 0 saturated carbocycles. The molecular formula is C23H22N4O3S2. The average molecular weight is 467 g/mol. The molecule has 0 saturated heterocycles. The minimum absolute atomic E-state index is 0.0387. The highest BCUT2D eigenvalue weighted by Gasteiger charge is 2.25. The minimum Gasteiger partial charge on any atom is -0.345 e. The van der Waals surface area contributed by atoms with Gasteiger partial charge >= 0.3 is 0 Å². The standard InChI is InChI=1S/C23H22N4O3S2/c1-16-3-7-19(8-4-16)26-32(29,30)21-11-14-31-22(21)23(28)25-17(2)18-5-9-20(10-6-18)27-13-12-24-15-27/h3-15,17,26H,1-2H3,(H,25,28). The molecule has 0 aliphatic rings. The predicted octanol–water partition coefficient (Wildman–Crippen LogP) is 4.53. The Hall–Kier alpha value is -3.43. The van der Waals surface area contributed by atoms with Crippen molar-refractivity contribution in [1.29, 1.82) is 0 Å². The molecule has 4 aromatic rings. The number of anilines is 1. The highest BCUT2D eigenvalue weighted by Crippen LogP contribution is 2.26.